The molecule has 2 aliphatic rings. The summed E-state index contributed by atoms with van der Waals surface area (Å²) in [4.78, 5) is 7.07. The van der Waals surface area contributed by atoms with Gasteiger partial charge in [0.15, 0.2) is 5.96 Å². The lowest BCUT2D eigenvalue weighted by Gasteiger charge is -2.23. The summed E-state index contributed by atoms with van der Waals surface area (Å²) < 4.78 is 5.18. The number of nitrogens with one attached hydrogen (secondary N) is 1. The van der Waals surface area contributed by atoms with E-state index in [4.69, 9.17) is 10.5 Å². The molecular weight excluding hydrogens is 391 g/mol. The predicted octanol–water partition coefficient (Wildman–Crippen LogP) is 2.34. The third-order valence-electron chi connectivity index (χ3n) is 4.76. The Hall–Kier alpha value is -0.0800. The first kappa shape index (κ1) is 20.0. The van der Waals surface area contributed by atoms with Crippen LogP contribution in [0.2, 0.25) is 0 Å². The molecule has 5 nitrogen and oxygen atoms in total. The average Bonchev–Trinajstić information content (AvgIpc) is 2.78. The highest BCUT2D eigenvalue weighted by atomic mass is 127. The van der Waals surface area contributed by atoms with Gasteiger partial charge in [0.1, 0.15) is 0 Å². The summed E-state index contributed by atoms with van der Waals surface area (Å²) in [5, 5.41) is 3.43. The van der Waals surface area contributed by atoms with Gasteiger partial charge in [-0.1, -0.05) is 25.7 Å². The zero-order valence-corrected chi connectivity index (χ0v) is 16.3. The van der Waals surface area contributed by atoms with Gasteiger partial charge in [-0.3, -0.25) is 9.89 Å². The molecule has 1 unspecified atom stereocenters. The second kappa shape index (κ2) is 11.5. The number of hydrogen-bond donors (Lipinski definition) is 2. The highest BCUT2D eigenvalue weighted by Crippen LogP contribution is 2.18. The van der Waals surface area contributed by atoms with Gasteiger partial charge in [-0.25, -0.2) is 0 Å². The quantitative estimate of drug-likeness (QED) is 0.298. The molecule has 0 aromatic heterocycles. The summed E-state index contributed by atoms with van der Waals surface area (Å²) in [5.74, 6) is 0.639. The molecule has 1 aliphatic carbocycles. The van der Waals surface area contributed by atoms with Crippen molar-refractivity contribution in [3.63, 3.8) is 0 Å². The molecule has 1 atom stereocenters. The van der Waals surface area contributed by atoms with Crippen LogP contribution in [0.25, 0.3) is 0 Å². The summed E-state index contributed by atoms with van der Waals surface area (Å²) >= 11 is 0. The summed E-state index contributed by atoms with van der Waals surface area (Å²) in [6, 6.07) is 1.07. The van der Waals surface area contributed by atoms with Crippen molar-refractivity contribution in [2.24, 2.45) is 10.7 Å². The van der Waals surface area contributed by atoms with Gasteiger partial charge in [0, 0.05) is 25.7 Å². The van der Waals surface area contributed by atoms with Crippen molar-refractivity contribution >= 4 is 29.9 Å². The number of likely N-dealkylation sites (tertiary alicyclic amines) is 1. The summed E-state index contributed by atoms with van der Waals surface area (Å²) in [6.07, 6.45) is 10.3. The molecule has 2 rings (SSSR count). The fourth-order valence-electron chi connectivity index (χ4n) is 3.49. The first-order valence-corrected chi connectivity index (χ1v) is 8.59. The van der Waals surface area contributed by atoms with E-state index in [2.05, 4.69) is 15.2 Å². The highest BCUT2D eigenvalue weighted by molar-refractivity contribution is 14.0. The zero-order chi connectivity index (χ0) is 14.9. The van der Waals surface area contributed by atoms with Crippen LogP contribution < -0.4 is 11.1 Å². The smallest absolute Gasteiger partial charge is 0.188 e. The van der Waals surface area contributed by atoms with Crippen molar-refractivity contribution in [3.05, 3.63) is 0 Å². The first-order valence-electron chi connectivity index (χ1n) is 8.59. The van der Waals surface area contributed by atoms with Crippen LogP contribution in [-0.4, -0.2) is 56.3 Å². The van der Waals surface area contributed by atoms with E-state index in [1.54, 1.807) is 7.11 Å². The number of methoxy groups -OCH3 is 1. The van der Waals surface area contributed by atoms with Crippen molar-refractivity contribution < 1.29 is 4.74 Å². The summed E-state index contributed by atoms with van der Waals surface area (Å²) in [5.41, 5.74) is 6.07. The minimum absolute atomic E-state index is 0. The lowest BCUT2D eigenvalue weighted by molar-refractivity contribution is 0.143. The van der Waals surface area contributed by atoms with E-state index in [1.807, 2.05) is 0 Å². The Labute approximate surface area is 152 Å². The van der Waals surface area contributed by atoms with E-state index in [1.165, 1.54) is 57.9 Å². The predicted molar refractivity (Wildman–Crippen MR) is 103 cm³/mol. The third kappa shape index (κ3) is 7.00. The lowest BCUT2D eigenvalue weighted by Crippen LogP contribution is -2.41. The van der Waals surface area contributed by atoms with Crippen LogP contribution in [0.4, 0.5) is 0 Å². The van der Waals surface area contributed by atoms with Crippen molar-refractivity contribution in [3.8, 4) is 0 Å². The maximum atomic E-state index is 6.07. The molecule has 1 aliphatic heterocycles. The normalized spacial score (nSPS) is 24.8. The number of aliphatic imine (C=N–C) groups is 1. The number of hydrogen-bond acceptors (Lipinski definition) is 3. The molecule has 2 fully saturated rings. The molecule has 22 heavy (non-hydrogen) atoms. The Morgan fingerprint density at radius 3 is 2.59 bits per heavy atom. The Morgan fingerprint density at radius 2 is 1.91 bits per heavy atom. The van der Waals surface area contributed by atoms with E-state index in [-0.39, 0.29) is 24.0 Å². The van der Waals surface area contributed by atoms with Crippen LogP contribution in [0.3, 0.4) is 0 Å². The van der Waals surface area contributed by atoms with Gasteiger partial charge < -0.3 is 15.8 Å². The van der Waals surface area contributed by atoms with Crippen molar-refractivity contribution in [2.75, 3.05) is 33.4 Å². The Morgan fingerprint density at radius 1 is 1.18 bits per heavy atom. The van der Waals surface area contributed by atoms with Crippen LogP contribution in [0.5, 0.6) is 0 Å². The standard InChI is InChI=1S/C16H32N4O.HI/c1-21-12-11-20-10-6-9-15(20)13-18-16(17)19-14-7-4-2-3-5-8-14;/h14-15H,2-13H2,1H3,(H3,17,18,19);1H. The summed E-state index contributed by atoms with van der Waals surface area (Å²) in [7, 11) is 1.76. The van der Waals surface area contributed by atoms with Crippen LogP contribution in [0.15, 0.2) is 4.99 Å². The van der Waals surface area contributed by atoms with Crippen molar-refractivity contribution in [1.29, 1.82) is 0 Å². The topological polar surface area (TPSA) is 62.9 Å². The second-order valence-electron chi connectivity index (χ2n) is 6.38. The van der Waals surface area contributed by atoms with Gasteiger partial charge in [0.25, 0.3) is 0 Å². The maximum absolute atomic E-state index is 6.07. The monoisotopic (exact) mass is 424 g/mol. The number of rotatable bonds is 6. The Bertz CT molecular complexity index is 319. The van der Waals surface area contributed by atoms with Crippen LogP contribution in [-0.2, 0) is 4.74 Å². The number of halogens is 1. The van der Waals surface area contributed by atoms with E-state index in [0.29, 0.717) is 18.0 Å². The Balaban J connectivity index is 0.00000242. The molecule has 0 radical (unpaired) electrons. The molecule has 0 spiro atoms. The molecule has 6 heteroatoms. The lowest BCUT2D eigenvalue weighted by atomic mass is 10.1. The highest BCUT2D eigenvalue weighted by Gasteiger charge is 2.23. The average molecular weight is 424 g/mol. The molecule has 130 valence electrons. The van der Waals surface area contributed by atoms with Gasteiger partial charge >= 0.3 is 0 Å². The van der Waals surface area contributed by atoms with Crippen LogP contribution in [0, 0.1) is 0 Å². The number of nitrogens with two attached hydrogens (primary N) is 1. The summed E-state index contributed by atoms with van der Waals surface area (Å²) in [6.45, 7) is 3.79. The molecule has 1 saturated carbocycles. The molecular formula is C16H33IN4O. The molecule has 3 N–H and O–H groups in total. The number of nitrogens with zero attached hydrogens (tertiary/aromatic N) is 2. The van der Waals surface area contributed by atoms with Gasteiger partial charge in [-0.2, -0.15) is 0 Å². The third-order valence-corrected chi connectivity index (χ3v) is 4.76. The number of ether oxygens (including phenoxy) is 1. The molecule has 0 bridgehead atoms. The Kier molecular flexibility index (Phi) is 10.4. The van der Waals surface area contributed by atoms with Crippen LogP contribution >= 0.6 is 24.0 Å². The van der Waals surface area contributed by atoms with Crippen molar-refractivity contribution in [1.82, 2.24) is 10.2 Å². The van der Waals surface area contributed by atoms with E-state index in [0.717, 1.165) is 19.7 Å². The van der Waals surface area contributed by atoms with Gasteiger partial charge in [0.05, 0.1) is 13.2 Å². The molecule has 1 saturated heterocycles. The zero-order valence-electron chi connectivity index (χ0n) is 13.9. The molecule has 0 aromatic carbocycles. The second-order valence-corrected chi connectivity index (χ2v) is 6.38. The fraction of sp³-hybridized carbons (Fsp3) is 0.938. The van der Waals surface area contributed by atoms with E-state index < -0.39 is 0 Å². The number of guanidine groups is 1. The first-order chi connectivity index (χ1) is 10.3. The van der Waals surface area contributed by atoms with Gasteiger partial charge in [0.2, 0.25) is 0 Å². The minimum Gasteiger partial charge on any atom is -0.383 e. The van der Waals surface area contributed by atoms with Gasteiger partial charge in [-0.05, 0) is 32.2 Å². The molecule has 1 heterocycles. The molecule has 0 aromatic rings. The van der Waals surface area contributed by atoms with Crippen LogP contribution in [0.1, 0.15) is 51.4 Å². The fourth-order valence-corrected chi connectivity index (χ4v) is 3.49. The maximum Gasteiger partial charge on any atom is 0.188 e. The molecule has 0 amide bonds. The largest absolute Gasteiger partial charge is 0.383 e. The van der Waals surface area contributed by atoms with E-state index >= 15 is 0 Å². The van der Waals surface area contributed by atoms with Crippen molar-refractivity contribution in [2.45, 2.75) is 63.5 Å². The minimum atomic E-state index is 0. The SMILES string of the molecule is COCCN1CCCC1CN=C(N)NC1CCCCCC1.I. The van der Waals surface area contributed by atoms with E-state index in [9.17, 15) is 0 Å². The van der Waals surface area contributed by atoms with Gasteiger partial charge in [-0.15, -0.1) is 24.0 Å².